The molecule has 98 valence electrons. The van der Waals surface area contributed by atoms with E-state index < -0.39 is 0 Å². The lowest BCUT2D eigenvalue weighted by atomic mass is 9.99. The number of nitrogens with zero attached hydrogens (tertiary/aromatic N) is 1. The topological polar surface area (TPSA) is 47.7 Å². The predicted molar refractivity (Wildman–Crippen MR) is 72.8 cm³/mol. The molecule has 1 aromatic carbocycles. The van der Waals surface area contributed by atoms with Crippen LogP contribution in [0.4, 0.5) is 0 Å². The average molecular weight is 313 g/mol. The molecule has 5 heteroatoms. The van der Waals surface area contributed by atoms with E-state index in [0.29, 0.717) is 18.8 Å². The molecule has 2 N–H and O–H groups in total. The van der Waals surface area contributed by atoms with Crippen LogP contribution in [0.1, 0.15) is 18.0 Å². The number of halogens is 1. The van der Waals surface area contributed by atoms with Crippen molar-refractivity contribution < 1.29 is 9.47 Å². The van der Waals surface area contributed by atoms with Crippen molar-refractivity contribution in [3.63, 3.8) is 0 Å². The molecule has 0 aromatic heterocycles. The van der Waals surface area contributed by atoms with Crippen LogP contribution in [0, 0.1) is 5.92 Å². The molecule has 2 heterocycles. The van der Waals surface area contributed by atoms with E-state index in [4.69, 9.17) is 15.2 Å². The lowest BCUT2D eigenvalue weighted by molar-refractivity contribution is 0.173. The summed E-state index contributed by atoms with van der Waals surface area (Å²) in [6, 6.07) is 4.64. The van der Waals surface area contributed by atoms with Gasteiger partial charge in [-0.05, 0) is 59.6 Å². The highest BCUT2D eigenvalue weighted by Gasteiger charge is 2.31. The maximum Gasteiger partial charge on any atom is 0.231 e. The van der Waals surface area contributed by atoms with Gasteiger partial charge < -0.3 is 15.2 Å². The van der Waals surface area contributed by atoms with Crippen molar-refractivity contribution in [2.75, 3.05) is 26.9 Å². The molecule has 0 aliphatic carbocycles. The fourth-order valence-corrected chi connectivity index (χ4v) is 3.42. The van der Waals surface area contributed by atoms with Gasteiger partial charge in [-0.1, -0.05) is 0 Å². The smallest absolute Gasteiger partial charge is 0.231 e. The molecule has 2 unspecified atom stereocenters. The van der Waals surface area contributed by atoms with Gasteiger partial charge in [0.25, 0.3) is 0 Å². The zero-order chi connectivity index (χ0) is 12.7. The van der Waals surface area contributed by atoms with E-state index in [1.165, 1.54) is 5.56 Å². The van der Waals surface area contributed by atoms with Crippen molar-refractivity contribution in [3.8, 4) is 11.5 Å². The molecule has 4 nitrogen and oxygen atoms in total. The summed E-state index contributed by atoms with van der Waals surface area (Å²) in [4.78, 5) is 2.36. The summed E-state index contributed by atoms with van der Waals surface area (Å²) in [5.41, 5.74) is 7.04. The summed E-state index contributed by atoms with van der Waals surface area (Å²) >= 11 is 3.55. The Balaban J connectivity index is 1.91. The number of likely N-dealkylation sites (tertiary alicyclic amines) is 1. The minimum Gasteiger partial charge on any atom is -0.454 e. The zero-order valence-electron chi connectivity index (χ0n) is 10.4. The number of nitrogens with two attached hydrogens (primary N) is 1. The van der Waals surface area contributed by atoms with E-state index in [0.717, 1.165) is 35.5 Å². The Labute approximate surface area is 115 Å². The number of ether oxygens (including phenoxy) is 2. The second kappa shape index (κ2) is 4.72. The third-order valence-corrected chi connectivity index (χ3v) is 4.39. The van der Waals surface area contributed by atoms with Crippen LogP contribution >= 0.6 is 15.9 Å². The van der Waals surface area contributed by atoms with Crippen LogP contribution < -0.4 is 15.2 Å². The monoisotopic (exact) mass is 312 g/mol. The van der Waals surface area contributed by atoms with Gasteiger partial charge in [-0.2, -0.15) is 0 Å². The molecule has 0 radical (unpaired) electrons. The van der Waals surface area contributed by atoms with Crippen LogP contribution in [0.15, 0.2) is 16.6 Å². The molecule has 2 aliphatic rings. The van der Waals surface area contributed by atoms with Gasteiger partial charge in [-0.15, -0.1) is 0 Å². The minimum absolute atomic E-state index is 0.309. The minimum atomic E-state index is 0.309. The van der Waals surface area contributed by atoms with Crippen LogP contribution in [0.25, 0.3) is 0 Å². The Morgan fingerprint density at radius 3 is 3.00 bits per heavy atom. The molecule has 0 bridgehead atoms. The Bertz CT molecular complexity index is 467. The van der Waals surface area contributed by atoms with Crippen LogP contribution in [0.3, 0.4) is 0 Å². The van der Waals surface area contributed by atoms with E-state index in [9.17, 15) is 0 Å². The molecule has 0 spiro atoms. The third kappa shape index (κ3) is 2.00. The molecular formula is C13H17BrN2O2. The maximum absolute atomic E-state index is 5.78. The van der Waals surface area contributed by atoms with E-state index in [2.05, 4.69) is 40.0 Å². The predicted octanol–water partition coefficient (Wildman–Crippen LogP) is 2.13. The molecule has 1 aromatic rings. The van der Waals surface area contributed by atoms with Crippen molar-refractivity contribution in [3.05, 3.63) is 22.2 Å². The molecule has 3 rings (SSSR count). The van der Waals surface area contributed by atoms with Crippen molar-refractivity contribution in [2.45, 2.75) is 12.5 Å². The Morgan fingerprint density at radius 1 is 1.44 bits per heavy atom. The van der Waals surface area contributed by atoms with E-state index >= 15 is 0 Å². The third-order valence-electron chi connectivity index (χ3n) is 3.80. The second-order valence-corrected chi connectivity index (χ2v) is 5.88. The summed E-state index contributed by atoms with van der Waals surface area (Å²) < 4.78 is 11.9. The normalized spacial score (nSPS) is 26.8. The first-order valence-corrected chi connectivity index (χ1v) is 6.97. The first-order chi connectivity index (χ1) is 8.69. The van der Waals surface area contributed by atoms with Crippen LogP contribution in [0.2, 0.25) is 0 Å². The fourth-order valence-electron chi connectivity index (χ4n) is 2.85. The summed E-state index contributed by atoms with van der Waals surface area (Å²) in [5, 5.41) is 0. The van der Waals surface area contributed by atoms with Gasteiger partial charge in [0.1, 0.15) is 0 Å². The van der Waals surface area contributed by atoms with Crippen molar-refractivity contribution in [2.24, 2.45) is 11.7 Å². The highest BCUT2D eigenvalue weighted by molar-refractivity contribution is 9.10. The standard InChI is InChI=1S/C13H17BrN2O2/c1-16-6-8(5-15)2-11(16)9-3-10(14)13-12(4-9)17-7-18-13/h3-4,8,11H,2,5-7,15H2,1H3. The quantitative estimate of drug-likeness (QED) is 0.909. The molecule has 1 fully saturated rings. The van der Waals surface area contributed by atoms with Gasteiger partial charge in [0.2, 0.25) is 6.79 Å². The van der Waals surface area contributed by atoms with Crippen LogP contribution in [0.5, 0.6) is 11.5 Å². The van der Waals surface area contributed by atoms with Gasteiger partial charge >= 0.3 is 0 Å². The Hall–Kier alpha value is -0.780. The Morgan fingerprint density at radius 2 is 2.28 bits per heavy atom. The molecule has 1 saturated heterocycles. The molecule has 18 heavy (non-hydrogen) atoms. The van der Waals surface area contributed by atoms with Crippen molar-refractivity contribution >= 4 is 15.9 Å². The summed E-state index contributed by atoms with van der Waals surface area (Å²) in [5.74, 6) is 2.24. The van der Waals surface area contributed by atoms with E-state index in [1.807, 2.05) is 0 Å². The van der Waals surface area contributed by atoms with Gasteiger partial charge in [-0.25, -0.2) is 0 Å². The van der Waals surface area contributed by atoms with Gasteiger partial charge in [0, 0.05) is 12.6 Å². The Kier molecular flexibility index (Phi) is 3.21. The van der Waals surface area contributed by atoms with Crippen LogP contribution in [-0.2, 0) is 0 Å². The van der Waals surface area contributed by atoms with Crippen molar-refractivity contribution in [1.29, 1.82) is 0 Å². The maximum atomic E-state index is 5.78. The number of benzene rings is 1. The largest absolute Gasteiger partial charge is 0.454 e. The SMILES string of the molecule is CN1CC(CN)CC1c1cc(Br)c2c(c1)OCO2. The van der Waals surface area contributed by atoms with Gasteiger partial charge in [0.15, 0.2) is 11.5 Å². The number of rotatable bonds is 2. The summed E-state index contributed by atoms with van der Waals surface area (Å²) in [6.45, 7) is 2.13. The molecule has 2 aliphatic heterocycles. The van der Waals surface area contributed by atoms with E-state index in [1.54, 1.807) is 0 Å². The lowest BCUT2D eigenvalue weighted by Crippen LogP contribution is -2.20. The number of hydrogen-bond acceptors (Lipinski definition) is 4. The molecule has 0 saturated carbocycles. The number of hydrogen-bond donors (Lipinski definition) is 1. The fraction of sp³-hybridized carbons (Fsp3) is 0.538. The highest BCUT2D eigenvalue weighted by Crippen LogP contribution is 2.44. The molecular weight excluding hydrogens is 296 g/mol. The van der Waals surface area contributed by atoms with Crippen LogP contribution in [-0.4, -0.2) is 31.8 Å². The van der Waals surface area contributed by atoms with E-state index in [-0.39, 0.29) is 0 Å². The highest BCUT2D eigenvalue weighted by atomic mass is 79.9. The zero-order valence-corrected chi connectivity index (χ0v) is 11.9. The number of fused-ring (bicyclic) bond motifs is 1. The first-order valence-electron chi connectivity index (χ1n) is 6.18. The lowest BCUT2D eigenvalue weighted by Gasteiger charge is -2.20. The van der Waals surface area contributed by atoms with Gasteiger partial charge in [0.05, 0.1) is 4.47 Å². The summed E-state index contributed by atoms with van der Waals surface area (Å²) in [6.07, 6.45) is 1.11. The molecule has 2 atom stereocenters. The molecule has 0 amide bonds. The first kappa shape index (κ1) is 12.3. The second-order valence-electron chi connectivity index (χ2n) is 5.03. The summed E-state index contributed by atoms with van der Waals surface area (Å²) in [7, 11) is 2.15. The van der Waals surface area contributed by atoms with Gasteiger partial charge in [-0.3, -0.25) is 4.90 Å². The van der Waals surface area contributed by atoms with Crippen molar-refractivity contribution in [1.82, 2.24) is 4.90 Å². The average Bonchev–Trinajstić information content (AvgIpc) is 2.95.